The average molecular weight is 485 g/mol. The summed E-state index contributed by atoms with van der Waals surface area (Å²) in [5.41, 5.74) is 1.77. The lowest BCUT2D eigenvalue weighted by atomic mass is 10.1. The number of amides is 2. The van der Waals surface area contributed by atoms with Crippen LogP contribution in [0, 0.1) is 6.92 Å². The lowest BCUT2D eigenvalue weighted by Gasteiger charge is -2.33. The van der Waals surface area contributed by atoms with Crippen LogP contribution >= 0.6 is 11.8 Å². The first-order valence-electron chi connectivity index (χ1n) is 10.7. The molecule has 1 saturated heterocycles. The summed E-state index contributed by atoms with van der Waals surface area (Å²) in [7, 11) is -3.14. The van der Waals surface area contributed by atoms with Crippen LogP contribution in [0.15, 0.2) is 24.3 Å². The molecule has 1 fully saturated rings. The van der Waals surface area contributed by atoms with Crippen molar-refractivity contribution >= 4 is 45.1 Å². The van der Waals surface area contributed by atoms with Gasteiger partial charge in [-0.1, -0.05) is 24.6 Å². The highest BCUT2D eigenvalue weighted by Gasteiger charge is 2.36. The van der Waals surface area contributed by atoms with Crippen LogP contribution in [0.2, 0.25) is 0 Å². The molecule has 178 valence electrons. The van der Waals surface area contributed by atoms with Crippen molar-refractivity contribution in [1.29, 1.82) is 0 Å². The molecule has 0 spiro atoms. The standard InChI is InChI=1S/C22H32N2O6S2/c1-5-16(3)24(19-10-11-32(28,29)14-19)21(26)12-30-22(27)17(4)31-13-20(25)23-18-8-6-15(2)7-9-18/h6-9,16-17,19H,5,10-14H2,1-4H3,(H,23,25). The minimum absolute atomic E-state index is 0.0562. The molecule has 2 amide bonds. The van der Waals surface area contributed by atoms with E-state index in [1.54, 1.807) is 24.0 Å². The van der Waals surface area contributed by atoms with Crippen LogP contribution < -0.4 is 5.32 Å². The third-order valence-electron chi connectivity index (χ3n) is 5.43. The minimum atomic E-state index is -3.14. The van der Waals surface area contributed by atoms with Crippen molar-refractivity contribution in [3.63, 3.8) is 0 Å². The predicted octanol–water partition coefficient (Wildman–Crippen LogP) is 2.41. The zero-order valence-corrected chi connectivity index (χ0v) is 20.6. The summed E-state index contributed by atoms with van der Waals surface area (Å²) in [4.78, 5) is 38.7. The van der Waals surface area contributed by atoms with E-state index in [4.69, 9.17) is 4.74 Å². The molecule has 8 nitrogen and oxygen atoms in total. The quantitative estimate of drug-likeness (QED) is 0.508. The smallest absolute Gasteiger partial charge is 0.319 e. The Morgan fingerprint density at radius 3 is 2.44 bits per heavy atom. The van der Waals surface area contributed by atoms with Crippen molar-refractivity contribution in [3.8, 4) is 0 Å². The summed E-state index contributed by atoms with van der Waals surface area (Å²) in [6, 6.07) is 6.85. The molecule has 32 heavy (non-hydrogen) atoms. The number of hydrogen-bond acceptors (Lipinski definition) is 7. The maximum Gasteiger partial charge on any atom is 0.319 e. The van der Waals surface area contributed by atoms with E-state index in [1.165, 1.54) is 0 Å². The molecule has 0 aliphatic carbocycles. The van der Waals surface area contributed by atoms with E-state index in [0.29, 0.717) is 18.5 Å². The number of sulfone groups is 1. The van der Waals surface area contributed by atoms with Crippen LogP contribution in [0.3, 0.4) is 0 Å². The molecule has 0 saturated carbocycles. The van der Waals surface area contributed by atoms with Gasteiger partial charge in [-0.3, -0.25) is 14.4 Å². The van der Waals surface area contributed by atoms with Gasteiger partial charge in [0, 0.05) is 17.8 Å². The molecule has 1 aromatic carbocycles. The van der Waals surface area contributed by atoms with Crippen molar-refractivity contribution in [2.75, 3.05) is 29.2 Å². The largest absolute Gasteiger partial charge is 0.455 e. The Morgan fingerprint density at radius 1 is 1.22 bits per heavy atom. The van der Waals surface area contributed by atoms with E-state index in [9.17, 15) is 22.8 Å². The molecule has 0 bridgehead atoms. The molecule has 0 radical (unpaired) electrons. The highest BCUT2D eigenvalue weighted by atomic mass is 32.2. The van der Waals surface area contributed by atoms with Crippen LogP contribution in [-0.2, 0) is 29.0 Å². The lowest BCUT2D eigenvalue weighted by molar-refractivity contribution is -0.153. The van der Waals surface area contributed by atoms with Gasteiger partial charge in [0.2, 0.25) is 5.91 Å². The molecule has 10 heteroatoms. The van der Waals surface area contributed by atoms with E-state index < -0.39 is 39.6 Å². The molecule has 1 aromatic rings. The molecule has 0 aromatic heterocycles. The second-order valence-corrected chi connectivity index (χ2v) is 11.6. The van der Waals surface area contributed by atoms with Crippen molar-refractivity contribution in [1.82, 2.24) is 4.90 Å². The van der Waals surface area contributed by atoms with Crippen molar-refractivity contribution in [2.45, 2.75) is 57.9 Å². The number of aryl methyl sites for hydroxylation is 1. The number of carbonyl (C=O) groups is 3. The van der Waals surface area contributed by atoms with E-state index in [1.807, 2.05) is 32.9 Å². The Labute approximate surface area is 194 Å². The summed E-state index contributed by atoms with van der Waals surface area (Å²) < 4.78 is 28.8. The average Bonchev–Trinajstić information content (AvgIpc) is 3.10. The first-order valence-corrected chi connectivity index (χ1v) is 13.6. The van der Waals surface area contributed by atoms with Gasteiger partial charge >= 0.3 is 5.97 Å². The molecular weight excluding hydrogens is 452 g/mol. The molecule has 1 aliphatic rings. The van der Waals surface area contributed by atoms with E-state index in [2.05, 4.69) is 5.32 Å². The van der Waals surface area contributed by atoms with Crippen molar-refractivity contribution in [3.05, 3.63) is 29.8 Å². The molecule has 3 atom stereocenters. The van der Waals surface area contributed by atoms with Gasteiger partial charge in [-0.15, -0.1) is 11.8 Å². The third-order valence-corrected chi connectivity index (χ3v) is 8.30. The molecule has 2 rings (SSSR count). The Hall–Kier alpha value is -2.07. The second kappa shape index (κ2) is 11.7. The summed E-state index contributed by atoms with van der Waals surface area (Å²) in [6.45, 7) is 6.90. The summed E-state index contributed by atoms with van der Waals surface area (Å²) in [6.07, 6.45) is 1.06. The Bertz CT molecular complexity index is 917. The van der Waals surface area contributed by atoms with Gasteiger partial charge in [0.05, 0.1) is 17.3 Å². The number of carbonyl (C=O) groups excluding carboxylic acids is 3. The van der Waals surface area contributed by atoms with Gasteiger partial charge in [0.1, 0.15) is 5.25 Å². The fraction of sp³-hybridized carbons (Fsp3) is 0.591. The normalized spacial score (nSPS) is 19.1. The maximum atomic E-state index is 12.7. The highest BCUT2D eigenvalue weighted by Crippen LogP contribution is 2.22. The first-order chi connectivity index (χ1) is 15.0. The Morgan fingerprint density at radius 2 is 1.88 bits per heavy atom. The fourth-order valence-electron chi connectivity index (χ4n) is 3.43. The topological polar surface area (TPSA) is 110 Å². The molecule has 3 unspecified atom stereocenters. The predicted molar refractivity (Wildman–Crippen MR) is 126 cm³/mol. The lowest BCUT2D eigenvalue weighted by Crippen LogP contribution is -2.48. The number of esters is 1. The summed E-state index contributed by atoms with van der Waals surface area (Å²) >= 11 is 1.12. The van der Waals surface area contributed by atoms with Crippen LogP contribution in [0.4, 0.5) is 5.69 Å². The van der Waals surface area contributed by atoms with Crippen molar-refractivity contribution in [2.24, 2.45) is 0 Å². The number of ether oxygens (including phenoxy) is 1. The second-order valence-electron chi connectivity index (χ2n) is 8.09. The highest BCUT2D eigenvalue weighted by molar-refractivity contribution is 8.01. The zero-order valence-electron chi connectivity index (χ0n) is 19.0. The zero-order chi connectivity index (χ0) is 23.9. The number of nitrogens with one attached hydrogen (secondary N) is 1. The van der Waals surface area contributed by atoms with E-state index in [-0.39, 0.29) is 29.2 Å². The Kier molecular flexibility index (Phi) is 9.57. The van der Waals surface area contributed by atoms with Gasteiger partial charge in [-0.05, 0) is 45.7 Å². The van der Waals surface area contributed by atoms with E-state index in [0.717, 1.165) is 17.3 Å². The number of thioether (sulfide) groups is 1. The number of nitrogens with zero attached hydrogens (tertiary/aromatic N) is 1. The van der Waals surface area contributed by atoms with Gasteiger partial charge in [0.25, 0.3) is 5.91 Å². The van der Waals surface area contributed by atoms with Crippen LogP contribution in [-0.4, -0.2) is 72.3 Å². The maximum absolute atomic E-state index is 12.7. The van der Waals surface area contributed by atoms with Gasteiger partial charge < -0.3 is 15.0 Å². The third kappa shape index (κ3) is 7.81. The molecule has 1 aliphatic heterocycles. The monoisotopic (exact) mass is 484 g/mol. The number of anilines is 1. The summed E-state index contributed by atoms with van der Waals surface area (Å²) in [5.74, 6) is -1.15. The van der Waals surface area contributed by atoms with E-state index >= 15 is 0 Å². The number of benzene rings is 1. The SMILES string of the molecule is CCC(C)N(C(=O)COC(=O)C(C)SCC(=O)Nc1ccc(C)cc1)C1CCS(=O)(=O)C1. The van der Waals surface area contributed by atoms with Gasteiger partial charge in [-0.2, -0.15) is 0 Å². The first kappa shape index (κ1) is 26.2. The Balaban J connectivity index is 1.82. The molecule has 1 N–H and O–H groups in total. The van der Waals surface area contributed by atoms with Crippen LogP contribution in [0.5, 0.6) is 0 Å². The molecule has 1 heterocycles. The van der Waals surface area contributed by atoms with Gasteiger partial charge in [-0.25, -0.2) is 8.42 Å². The fourth-order valence-corrected chi connectivity index (χ4v) is 5.82. The van der Waals surface area contributed by atoms with Crippen molar-refractivity contribution < 1.29 is 27.5 Å². The van der Waals surface area contributed by atoms with Crippen LogP contribution in [0.25, 0.3) is 0 Å². The molecular formula is C22H32N2O6S2. The number of rotatable bonds is 10. The summed E-state index contributed by atoms with van der Waals surface area (Å²) in [5, 5.41) is 2.13. The van der Waals surface area contributed by atoms with Gasteiger partial charge in [0.15, 0.2) is 16.4 Å². The number of hydrogen-bond donors (Lipinski definition) is 1. The minimum Gasteiger partial charge on any atom is -0.455 e. The van der Waals surface area contributed by atoms with Crippen LogP contribution in [0.1, 0.15) is 39.2 Å².